The van der Waals surface area contributed by atoms with Gasteiger partial charge in [0.25, 0.3) is 0 Å². The quantitative estimate of drug-likeness (QED) is 0.581. The van der Waals surface area contributed by atoms with Crippen LogP contribution in [0.1, 0.15) is 31.7 Å². The highest BCUT2D eigenvalue weighted by Crippen LogP contribution is 2.65. The van der Waals surface area contributed by atoms with Crippen LogP contribution in [0.15, 0.2) is 29.5 Å². The fourth-order valence-corrected chi connectivity index (χ4v) is 7.08. The molecule has 2 fully saturated rings. The van der Waals surface area contributed by atoms with Gasteiger partial charge in [-0.1, -0.05) is 13.0 Å². The standard InChI is InChI=1S/C22H27ClN2O4/c1-4-21-10-13(19(27)29-3)17-22(14-6-5-12(28-2)9-16(14)24-17)7-8-25(20(21)22)11-15(23)18(21)26/h5-6,9,15,18,20,24,26H,4,7-8,10-11H2,1-3H3. The molecule has 5 rings (SSSR count). The van der Waals surface area contributed by atoms with E-state index >= 15 is 0 Å². The average Bonchev–Trinajstić information content (AvgIpc) is 3.28. The maximum absolute atomic E-state index is 12.9. The van der Waals surface area contributed by atoms with Gasteiger partial charge in [0.15, 0.2) is 0 Å². The lowest BCUT2D eigenvalue weighted by Gasteiger charge is -2.58. The number of ether oxygens (including phenoxy) is 2. The number of rotatable bonds is 3. The molecule has 5 unspecified atom stereocenters. The number of anilines is 1. The Hall–Kier alpha value is -1.76. The number of aliphatic hydroxyl groups is 1. The van der Waals surface area contributed by atoms with Crippen LogP contribution in [0.5, 0.6) is 5.75 Å². The van der Waals surface area contributed by atoms with Crippen molar-refractivity contribution in [2.75, 3.05) is 32.6 Å². The Bertz CT molecular complexity index is 918. The van der Waals surface area contributed by atoms with Gasteiger partial charge in [0.1, 0.15) is 5.75 Å². The van der Waals surface area contributed by atoms with Gasteiger partial charge in [-0.05, 0) is 37.4 Å². The van der Waals surface area contributed by atoms with E-state index in [1.807, 2.05) is 12.1 Å². The van der Waals surface area contributed by atoms with Crippen LogP contribution in [0, 0.1) is 5.41 Å². The molecule has 29 heavy (non-hydrogen) atoms. The van der Waals surface area contributed by atoms with Crippen LogP contribution >= 0.6 is 11.6 Å². The lowest BCUT2D eigenvalue weighted by atomic mass is 9.52. The number of benzene rings is 1. The average molecular weight is 419 g/mol. The number of hydrogen-bond donors (Lipinski definition) is 2. The SMILES string of the molecule is CCC12CC(C(=O)OC)=C3Nc4cc(OC)ccc4C34CCN(CC(Cl)C1O)C42. The molecule has 0 saturated carbocycles. The number of hydrogen-bond acceptors (Lipinski definition) is 6. The number of esters is 1. The number of fused-ring (bicyclic) bond motifs is 1. The number of methoxy groups -OCH3 is 2. The number of nitrogens with zero attached hydrogens (tertiary/aromatic N) is 1. The van der Waals surface area contributed by atoms with Crippen molar-refractivity contribution in [2.24, 2.45) is 5.41 Å². The minimum atomic E-state index is -0.686. The highest BCUT2D eigenvalue weighted by Gasteiger charge is 2.69. The van der Waals surface area contributed by atoms with Crippen LogP contribution in [0.3, 0.4) is 0 Å². The Balaban J connectivity index is 1.80. The second kappa shape index (κ2) is 6.37. The maximum Gasteiger partial charge on any atom is 0.335 e. The molecule has 5 atom stereocenters. The number of nitrogens with one attached hydrogen (secondary N) is 1. The molecule has 0 aromatic heterocycles. The van der Waals surface area contributed by atoms with Crippen molar-refractivity contribution in [1.29, 1.82) is 0 Å². The first-order chi connectivity index (χ1) is 13.9. The van der Waals surface area contributed by atoms with Crippen molar-refractivity contribution in [2.45, 2.75) is 49.1 Å². The summed E-state index contributed by atoms with van der Waals surface area (Å²) in [5.41, 5.74) is 2.82. The fourth-order valence-electron chi connectivity index (χ4n) is 6.65. The Kier molecular flexibility index (Phi) is 4.22. The van der Waals surface area contributed by atoms with E-state index < -0.39 is 11.5 Å². The third-order valence-corrected chi connectivity index (χ3v) is 8.20. The minimum absolute atomic E-state index is 0.0792. The van der Waals surface area contributed by atoms with Gasteiger partial charge in [-0.25, -0.2) is 4.79 Å². The minimum Gasteiger partial charge on any atom is -0.497 e. The molecule has 6 nitrogen and oxygen atoms in total. The van der Waals surface area contributed by atoms with Crippen LogP contribution in [0.25, 0.3) is 0 Å². The van der Waals surface area contributed by atoms with Crippen LogP contribution in [-0.2, 0) is 14.9 Å². The summed E-state index contributed by atoms with van der Waals surface area (Å²) in [6.45, 7) is 3.64. The van der Waals surface area contributed by atoms with Gasteiger partial charge >= 0.3 is 5.97 Å². The van der Waals surface area contributed by atoms with Gasteiger partial charge in [-0.2, -0.15) is 0 Å². The second-order valence-corrected chi connectivity index (χ2v) is 9.29. The van der Waals surface area contributed by atoms with E-state index in [1.165, 1.54) is 12.7 Å². The molecule has 1 aliphatic carbocycles. The predicted molar refractivity (Wildman–Crippen MR) is 110 cm³/mol. The zero-order chi connectivity index (χ0) is 20.6. The lowest BCUT2D eigenvalue weighted by molar-refractivity contribution is -0.139. The van der Waals surface area contributed by atoms with Crippen LogP contribution in [0.2, 0.25) is 0 Å². The Labute approximate surface area is 175 Å². The van der Waals surface area contributed by atoms with E-state index in [0.717, 1.165) is 36.5 Å². The molecule has 0 radical (unpaired) electrons. The fraction of sp³-hybridized carbons (Fsp3) is 0.591. The number of alkyl halides is 1. The summed E-state index contributed by atoms with van der Waals surface area (Å²) in [7, 11) is 3.07. The zero-order valence-electron chi connectivity index (χ0n) is 17.0. The third kappa shape index (κ3) is 2.23. The zero-order valence-corrected chi connectivity index (χ0v) is 17.8. The van der Waals surface area contributed by atoms with Gasteiger partial charge < -0.3 is 19.9 Å². The first-order valence-corrected chi connectivity index (χ1v) is 10.7. The van der Waals surface area contributed by atoms with Crippen molar-refractivity contribution in [1.82, 2.24) is 4.90 Å². The molecule has 4 aliphatic rings. The van der Waals surface area contributed by atoms with Crippen LogP contribution in [0.4, 0.5) is 5.69 Å². The summed E-state index contributed by atoms with van der Waals surface area (Å²) in [4.78, 5) is 15.3. The van der Waals surface area contributed by atoms with Gasteiger partial charge in [0.05, 0.1) is 36.7 Å². The summed E-state index contributed by atoms with van der Waals surface area (Å²) in [6.07, 6.45) is 1.38. The second-order valence-electron chi connectivity index (χ2n) is 8.72. The van der Waals surface area contributed by atoms with E-state index in [-0.39, 0.29) is 22.8 Å². The molecule has 3 heterocycles. The normalized spacial score (nSPS) is 37.5. The van der Waals surface area contributed by atoms with Crippen LogP contribution in [-0.4, -0.2) is 60.8 Å². The summed E-state index contributed by atoms with van der Waals surface area (Å²) < 4.78 is 10.6. The van der Waals surface area contributed by atoms with Crippen molar-refractivity contribution in [3.05, 3.63) is 35.0 Å². The first kappa shape index (κ1) is 19.2. The summed E-state index contributed by atoms with van der Waals surface area (Å²) in [5, 5.41) is 14.5. The molecule has 3 aliphatic heterocycles. The molecule has 0 amide bonds. The Morgan fingerprint density at radius 2 is 2.21 bits per heavy atom. The molecule has 0 bridgehead atoms. The van der Waals surface area contributed by atoms with E-state index in [2.05, 4.69) is 23.2 Å². The number of carbonyl (C=O) groups excluding carboxylic acids is 1. The van der Waals surface area contributed by atoms with E-state index in [9.17, 15) is 9.90 Å². The molecule has 1 aromatic carbocycles. The maximum atomic E-state index is 12.9. The van der Waals surface area contributed by atoms with Crippen LogP contribution < -0.4 is 10.1 Å². The van der Waals surface area contributed by atoms with E-state index in [0.29, 0.717) is 18.5 Å². The molecule has 1 spiro atoms. The van der Waals surface area contributed by atoms with E-state index in [4.69, 9.17) is 21.1 Å². The van der Waals surface area contributed by atoms with Gasteiger partial charge in [-0.15, -0.1) is 11.6 Å². The summed E-state index contributed by atoms with van der Waals surface area (Å²) in [5.74, 6) is 0.438. The van der Waals surface area contributed by atoms with E-state index in [1.54, 1.807) is 7.11 Å². The first-order valence-electron chi connectivity index (χ1n) is 10.3. The number of piperidine rings is 1. The molecule has 2 saturated heterocycles. The summed E-state index contributed by atoms with van der Waals surface area (Å²) in [6, 6.07) is 6.15. The van der Waals surface area contributed by atoms with Gasteiger partial charge in [-0.3, -0.25) is 4.90 Å². The van der Waals surface area contributed by atoms with Crippen molar-refractivity contribution in [3.63, 3.8) is 0 Å². The highest BCUT2D eigenvalue weighted by atomic mass is 35.5. The Morgan fingerprint density at radius 3 is 2.90 bits per heavy atom. The monoisotopic (exact) mass is 418 g/mol. The topological polar surface area (TPSA) is 71.0 Å². The highest BCUT2D eigenvalue weighted by molar-refractivity contribution is 6.21. The largest absolute Gasteiger partial charge is 0.497 e. The smallest absolute Gasteiger partial charge is 0.335 e. The molecule has 156 valence electrons. The molecule has 7 heteroatoms. The van der Waals surface area contributed by atoms with Gasteiger partial charge in [0, 0.05) is 35.5 Å². The number of carbonyl (C=O) groups is 1. The number of aliphatic hydroxyl groups excluding tert-OH is 1. The molecule has 2 N–H and O–H groups in total. The lowest BCUT2D eigenvalue weighted by Crippen LogP contribution is -2.68. The third-order valence-electron chi connectivity index (χ3n) is 7.82. The summed E-state index contributed by atoms with van der Waals surface area (Å²) >= 11 is 6.63. The molecular formula is C22H27ClN2O4. The molecule has 1 aromatic rings. The Morgan fingerprint density at radius 1 is 1.41 bits per heavy atom. The number of halogens is 1. The van der Waals surface area contributed by atoms with Gasteiger partial charge in [0.2, 0.25) is 0 Å². The van der Waals surface area contributed by atoms with Crippen molar-refractivity contribution < 1.29 is 19.4 Å². The predicted octanol–water partition coefficient (Wildman–Crippen LogP) is 2.64. The van der Waals surface area contributed by atoms with Crippen molar-refractivity contribution in [3.8, 4) is 5.75 Å². The van der Waals surface area contributed by atoms with Crippen molar-refractivity contribution >= 4 is 23.3 Å². The molecular weight excluding hydrogens is 392 g/mol.